The molecule has 1 saturated heterocycles. The number of nitrogens with one attached hydrogen (secondary N) is 1. The van der Waals surface area contributed by atoms with Crippen molar-refractivity contribution in [3.63, 3.8) is 0 Å². The van der Waals surface area contributed by atoms with Gasteiger partial charge >= 0.3 is 0 Å². The van der Waals surface area contributed by atoms with Crippen molar-refractivity contribution in [3.05, 3.63) is 70.2 Å². The quantitative estimate of drug-likeness (QED) is 0.486. The van der Waals surface area contributed by atoms with Crippen LogP contribution in [-0.4, -0.2) is 59.3 Å². The number of carbonyl (C=O) groups is 1. The van der Waals surface area contributed by atoms with Gasteiger partial charge in [-0.3, -0.25) is 4.79 Å². The summed E-state index contributed by atoms with van der Waals surface area (Å²) in [6.07, 6.45) is -1.21. The molecule has 2 aromatic rings. The molecule has 35 heavy (non-hydrogen) atoms. The van der Waals surface area contributed by atoms with E-state index in [0.29, 0.717) is 18.2 Å². The predicted octanol–water partition coefficient (Wildman–Crippen LogP) is 3.30. The number of rotatable bonds is 9. The van der Waals surface area contributed by atoms with Crippen LogP contribution in [0.3, 0.4) is 0 Å². The minimum Gasteiger partial charge on any atom is -0.390 e. The number of aryl methyl sites for hydroxylation is 1. The molecule has 2 unspecified atom stereocenters. The molecule has 8 heteroatoms. The number of benzene rings is 2. The molecular formula is C27H34ClNO6. The Morgan fingerprint density at radius 1 is 1.14 bits per heavy atom. The number of halogens is 1. The fourth-order valence-corrected chi connectivity index (χ4v) is 5.00. The van der Waals surface area contributed by atoms with Gasteiger partial charge in [-0.25, -0.2) is 0 Å². The predicted molar refractivity (Wildman–Crippen MR) is 132 cm³/mol. The Morgan fingerprint density at radius 3 is 2.63 bits per heavy atom. The molecule has 1 aliphatic heterocycles. The van der Waals surface area contributed by atoms with E-state index in [1.807, 2.05) is 43.3 Å². The van der Waals surface area contributed by atoms with Gasteiger partial charge in [-0.15, -0.1) is 0 Å². The number of hydrogen-bond donors (Lipinski definition) is 3. The number of aliphatic hydroxyl groups excluding tert-OH is 2. The fraction of sp³-hybridized carbons (Fsp3) is 0.519. The molecule has 0 bridgehead atoms. The van der Waals surface area contributed by atoms with Crippen molar-refractivity contribution in [1.82, 2.24) is 5.32 Å². The minimum absolute atomic E-state index is 0.0262. The Labute approximate surface area is 211 Å². The van der Waals surface area contributed by atoms with Crippen LogP contribution in [0.1, 0.15) is 42.4 Å². The lowest BCUT2D eigenvalue weighted by atomic mass is 9.78. The smallest absolute Gasteiger partial charge is 0.252 e. The lowest BCUT2D eigenvalue weighted by Gasteiger charge is -2.44. The molecule has 2 aromatic carbocycles. The zero-order chi connectivity index (χ0) is 24.8. The largest absolute Gasteiger partial charge is 0.390 e. The standard InChI is InChI=1S/C27H34ClNO6/c1-18-5-2-6-19(11-18)17-35-27(26(32)29-15-22-9-4-10-33-22)13-23(30)25(31)24(14-27)34-16-20-7-3-8-21(28)12-20/h2-3,5-8,11-12,22-25,30-31H,4,9-10,13-17H2,1H3,(H,29,32)/t22?,23-,24?,25-,27+/m1/s1. The Morgan fingerprint density at radius 2 is 1.91 bits per heavy atom. The monoisotopic (exact) mass is 503 g/mol. The third-order valence-corrected chi connectivity index (χ3v) is 6.96. The number of aliphatic hydroxyl groups is 2. The zero-order valence-electron chi connectivity index (χ0n) is 20.0. The van der Waals surface area contributed by atoms with Gasteiger partial charge in [0, 0.05) is 31.0 Å². The summed E-state index contributed by atoms with van der Waals surface area (Å²) < 4.78 is 17.9. The van der Waals surface area contributed by atoms with Gasteiger partial charge in [0.25, 0.3) is 5.91 Å². The molecule has 2 aliphatic rings. The van der Waals surface area contributed by atoms with Crippen molar-refractivity contribution in [1.29, 1.82) is 0 Å². The number of carbonyl (C=O) groups excluding carboxylic acids is 1. The van der Waals surface area contributed by atoms with E-state index in [1.165, 1.54) is 0 Å². The lowest BCUT2D eigenvalue weighted by Crippen LogP contribution is -2.61. The number of ether oxygens (including phenoxy) is 3. The lowest BCUT2D eigenvalue weighted by molar-refractivity contribution is -0.200. The second-order valence-electron chi connectivity index (χ2n) is 9.56. The van der Waals surface area contributed by atoms with Gasteiger partial charge in [0.15, 0.2) is 5.60 Å². The second kappa shape index (κ2) is 11.8. The Hall–Kier alpha value is -2.00. The van der Waals surface area contributed by atoms with Gasteiger partial charge in [0.05, 0.1) is 31.5 Å². The highest BCUT2D eigenvalue weighted by atomic mass is 35.5. The SMILES string of the molecule is Cc1cccc(CO[C@]2(C(=O)NCC3CCCO3)CC(OCc3cccc(Cl)c3)[C@H](O)[C@H](O)C2)c1. The van der Waals surface area contributed by atoms with Crippen LogP contribution in [0, 0.1) is 6.92 Å². The molecular weight excluding hydrogens is 470 g/mol. The molecule has 0 aromatic heterocycles. The van der Waals surface area contributed by atoms with Crippen LogP contribution in [0.15, 0.2) is 48.5 Å². The van der Waals surface area contributed by atoms with Gasteiger partial charge in [0.1, 0.15) is 6.10 Å². The molecule has 1 amide bonds. The van der Waals surface area contributed by atoms with Gasteiger partial charge in [-0.05, 0) is 43.0 Å². The van der Waals surface area contributed by atoms with E-state index in [-0.39, 0.29) is 38.1 Å². The fourth-order valence-electron chi connectivity index (χ4n) is 4.79. The molecule has 0 radical (unpaired) electrons. The molecule has 3 N–H and O–H groups in total. The van der Waals surface area contributed by atoms with Gasteiger partial charge in [-0.1, -0.05) is 53.6 Å². The summed E-state index contributed by atoms with van der Waals surface area (Å²) in [6, 6.07) is 15.1. The molecule has 5 atom stereocenters. The van der Waals surface area contributed by atoms with Crippen molar-refractivity contribution in [2.45, 2.75) is 75.8 Å². The maximum Gasteiger partial charge on any atom is 0.252 e. The van der Waals surface area contributed by atoms with Crippen molar-refractivity contribution < 1.29 is 29.2 Å². The average Bonchev–Trinajstić information content (AvgIpc) is 3.36. The molecule has 7 nitrogen and oxygen atoms in total. The van der Waals surface area contributed by atoms with Crippen LogP contribution in [0.4, 0.5) is 0 Å². The molecule has 1 aliphatic carbocycles. The zero-order valence-corrected chi connectivity index (χ0v) is 20.7. The van der Waals surface area contributed by atoms with Gasteiger partial charge < -0.3 is 29.7 Å². The van der Waals surface area contributed by atoms with Crippen molar-refractivity contribution in [3.8, 4) is 0 Å². The molecule has 1 saturated carbocycles. The first-order valence-electron chi connectivity index (χ1n) is 12.2. The summed E-state index contributed by atoms with van der Waals surface area (Å²) >= 11 is 6.08. The summed E-state index contributed by atoms with van der Waals surface area (Å²) in [5.41, 5.74) is 1.48. The van der Waals surface area contributed by atoms with Crippen LogP contribution >= 0.6 is 11.6 Å². The van der Waals surface area contributed by atoms with Crippen LogP contribution in [-0.2, 0) is 32.2 Å². The number of amides is 1. The van der Waals surface area contributed by atoms with E-state index in [4.69, 9.17) is 25.8 Å². The normalized spacial score (nSPS) is 28.7. The van der Waals surface area contributed by atoms with Gasteiger partial charge in [-0.2, -0.15) is 0 Å². The van der Waals surface area contributed by atoms with Crippen LogP contribution in [0.5, 0.6) is 0 Å². The third kappa shape index (κ3) is 6.82. The van der Waals surface area contributed by atoms with E-state index < -0.39 is 23.9 Å². The highest BCUT2D eigenvalue weighted by molar-refractivity contribution is 6.30. The summed E-state index contributed by atoms with van der Waals surface area (Å²) in [5, 5.41) is 25.0. The third-order valence-electron chi connectivity index (χ3n) is 6.72. The van der Waals surface area contributed by atoms with Crippen molar-refractivity contribution in [2.24, 2.45) is 0 Å². The Bertz CT molecular complexity index is 997. The summed E-state index contributed by atoms with van der Waals surface area (Å²) in [7, 11) is 0. The maximum atomic E-state index is 13.5. The molecule has 2 fully saturated rings. The Balaban J connectivity index is 1.51. The van der Waals surface area contributed by atoms with Crippen molar-refractivity contribution >= 4 is 17.5 Å². The summed E-state index contributed by atoms with van der Waals surface area (Å²) in [6.45, 7) is 3.44. The van der Waals surface area contributed by atoms with Crippen LogP contribution < -0.4 is 5.32 Å². The first-order chi connectivity index (χ1) is 16.8. The molecule has 190 valence electrons. The van der Waals surface area contributed by atoms with E-state index in [2.05, 4.69) is 5.32 Å². The van der Waals surface area contributed by atoms with E-state index >= 15 is 0 Å². The van der Waals surface area contributed by atoms with E-state index in [9.17, 15) is 15.0 Å². The van der Waals surface area contributed by atoms with Crippen LogP contribution in [0.25, 0.3) is 0 Å². The topological polar surface area (TPSA) is 97.3 Å². The first kappa shape index (κ1) is 26.1. The first-order valence-corrected chi connectivity index (χ1v) is 12.5. The molecule has 0 spiro atoms. The minimum atomic E-state index is -1.36. The number of hydrogen-bond acceptors (Lipinski definition) is 6. The van der Waals surface area contributed by atoms with Crippen LogP contribution in [0.2, 0.25) is 5.02 Å². The summed E-state index contributed by atoms with van der Waals surface area (Å²) in [4.78, 5) is 13.5. The van der Waals surface area contributed by atoms with E-state index in [1.54, 1.807) is 12.1 Å². The Kier molecular flexibility index (Phi) is 8.81. The highest BCUT2D eigenvalue weighted by Gasteiger charge is 2.51. The highest BCUT2D eigenvalue weighted by Crippen LogP contribution is 2.36. The van der Waals surface area contributed by atoms with E-state index in [0.717, 1.165) is 29.5 Å². The molecule has 1 heterocycles. The van der Waals surface area contributed by atoms with Gasteiger partial charge in [0.2, 0.25) is 0 Å². The molecule has 4 rings (SSSR count). The van der Waals surface area contributed by atoms with Crippen molar-refractivity contribution in [2.75, 3.05) is 13.2 Å². The second-order valence-corrected chi connectivity index (χ2v) is 10.00. The average molecular weight is 504 g/mol. The summed E-state index contributed by atoms with van der Waals surface area (Å²) in [5.74, 6) is -0.331. The maximum absolute atomic E-state index is 13.5.